The molecule has 1 heterocycles. The normalized spacial score (nSPS) is 20.5. The van der Waals surface area contributed by atoms with Crippen LogP contribution in [0.5, 0.6) is 0 Å². The van der Waals surface area contributed by atoms with Crippen molar-refractivity contribution in [3.8, 4) is 0 Å². The summed E-state index contributed by atoms with van der Waals surface area (Å²) in [5.41, 5.74) is 5.54. The molecule has 0 radical (unpaired) electrons. The minimum Gasteiger partial charge on any atom is -0.372 e. The number of nitrogens with one attached hydrogen (secondary N) is 2. The largest absolute Gasteiger partial charge is 0.372 e. The van der Waals surface area contributed by atoms with Crippen LogP contribution in [0.15, 0.2) is 88.5 Å². The molecule has 5 heteroatoms. The summed E-state index contributed by atoms with van der Waals surface area (Å²) in [5.74, 6) is -0.0709. The summed E-state index contributed by atoms with van der Waals surface area (Å²) >= 11 is 3.29. The Kier molecular flexibility index (Phi) is 4.91. The molecule has 2 aliphatic rings. The first-order valence-electron chi connectivity index (χ1n) is 9.99. The molecular weight excluding hydrogens is 443 g/mol. The van der Waals surface area contributed by atoms with Crippen LogP contribution >= 0.6 is 15.9 Å². The fourth-order valence-corrected chi connectivity index (χ4v) is 4.79. The van der Waals surface area contributed by atoms with Gasteiger partial charge in [0.15, 0.2) is 5.78 Å². The number of carbonyl (C=O) groups excluding carboxylic acids is 1. The van der Waals surface area contributed by atoms with E-state index in [0.717, 1.165) is 34.6 Å². The van der Waals surface area contributed by atoms with Gasteiger partial charge in [-0.05, 0) is 63.7 Å². The van der Waals surface area contributed by atoms with E-state index in [0.29, 0.717) is 10.9 Å². The number of allylic oxidation sites excluding steroid dienone is 1. The summed E-state index contributed by atoms with van der Waals surface area (Å²) in [4.78, 5) is 13.4. The van der Waals surface area contributed by atoms with Gasteiger partial charge in [0.05, 0.1) is 21.9 Å². The Balaban J connectivity index is 1.63. The van der Waals surface area contributed by atoms with Crippen molar-refractivity contribution in [2.24, 2.45) is 0 Å². The topological polar surface area (TPSA) is 41.1 Å². The highest BCUT2D eigenvalue weighted by Crippen LogP contribution is 2.44. The zero-order chi connectivity index (χ0) is 20.7. The molecule has 0 unspecified atom stereocenters. The Hall–Kier alpha value is -2.92. The van der Waals surface area contributed by atoms with Crippen molar-refractivity contribution < 1.29 is 9.18 Å². The van der Waals surface area contributed by atoms with E-state index in [4.69, 9.17) is 0 Å². The smallest absolute Gasteiger partial charge is 0.163 e. The van der Waals surface area contributed by atoms with Crippen LogP contribution in [0.4, 0.5) is 15.8 Å². The third-order valence-electron chi connectivity index (χ3n) is 5.86. The highest BCUT2D eigenvalue weighted by molar-refractivity contribution is 9.10. The van der Waals surface area contributed by atoms with Crippen LogP contribution in [0.2, 0.25) is 0 Å². The molecule has 3 aromatic carbocycles. The lowest BCUT2D eigenvalue weighted by Crippen LogP contribution is -2.26. The lowest BCUT2D eigenvalue weighted by Gasteiger charge is -2.30. The molecule has 0 bridgehead atoms. The van der Waals surface area contributed by atoms with Crippen LogP contribution in [-0.2, 0) is 4.79 Å². The Morgan fingerprint density at radius 1 is 0.867 bits per heavy atom. The van der Waals surface area contributed by atoms with Gasteiger partial charge in [-0.3, -0.25) is 4.79 Å². The molecule has 0 spiro atoms. The first-order chi connectivity index (χ1) is 14.6. The number of anilines is 2. The first-order valence-corrected chi connectivity index (χ1v) is 10.8. The molecule has 0 saturated carbocycles. The van der Waals surface area contributed by atoms with Gasteiger partial charge >= 0.3 is 0 Å². The predicted molar refractivity (Wildman–Crippen MR) is 121 cm³/mol. The standard InChI is InChI=1S/C25H20BrFN2O/c26-18-12-16(10-11-19(18)27)25-24-22(28-20-8-4-5-9-21(20)29-25)13-17(14-23(24)30)15-6-2-1-3-7-15/h1-12,17,25,28-29H,13-14H2/t17-,25-/m1/s1. The van der Waals surface area contributed by atoms with Crippen molar-refractivity contribution in [3.63, 3.8) is 0 Å². The molecule has 0 fully saturated rings. The van der Waals surface area contributed by atoms with Gasteiger partial charge in [0.2, 0.25) is 0 Å². The number of hydrogen-bond acceptors (Lipinski definition) is 3. The summed E-state index contributed by atoms with van der Waals surface area (Å²) in [5, 5.41) is 7.05. The molecule has 2 N–H and O–H groups in total. The third kappa shape index (κ3) is 3.43. The van der Waals surface area contributed by atoms with Gasteiger partial charge in [0.25, 0.3) is 0 Å². The van der Waals surface area contributed by atoms with Crippen LogP contribution in [-0.4, -0.2) is 5.78 Å². The van der Waals surface area contributed by atoms with E-state index in [-0.39, 0.29) is 23.6 Å². The number of rotatable bonds is 2. The molecule has 3 nitrogen and oxygen atoms in total. The third-order valence-corrected chi connectivity index (χ3v) is 6.46. The van der Waals surface area contributed by atoms with Gasteiger partial charge in [-0.25, -0.2) is 4.39 Å². The minimum atomic E-state index is -0.350. The second-order valence-electron chi connectivity index (χ2n) is 7.75. The number of halogens is 2. The molecular formula is C25H20BrFN2O. The summed E-state index contributed by atoms with van der Waals surface area (Å²) in [6.07, 6.45) is 1.21. The molecule has 1 aliphatic carbocycles. The van der Waals surface area contributed by atoms with Crippen molar-refractivity contribution in [3.05, 3.63) is 105 Å². The maximum Gasteiger partial charge on any atom is 0.163 e. The number of carbonyl (C=O) groups is 1. The van der Waals surface area contributed by atoms with Crippen molar-refractivity contribution in [2.75, 3.05) is 10.6 Å². The fraction of sp³-hybridized carbons (Fsp3) is 0.160. The van der Waals surface area contributed by atoms with Crippen molar-refractivity contribution in [1.82, 2.24) is 0 Å². The Morgan fingerprint density at radius 3 is 2.37 bits per heavy atom. The van der Waals surface area contributed by atoms with E-state index >= 15 is 0 Å². The molecule has 2 atom stereocenters. The van der Waals surface area contributed by atoms with Crippen LogP contribution in [0.3, 0.4) is 0 Å². The highest BCUT2D eigenvalue weighted by atomic mass is 79.9. The predicted octanol–water partition coefficient (Wildman–Crippen LogP) is 6.57. The summed E-state index contributed by atoms with van der Waals surface area (Å²) in [6, 6.07) is 22.7. The van der Waals surface area contributed by atoms with Crippen LogP contribution < -0.4 is 10.6 Å². The minimum absolute atomic E-state index is 0.114. The van der Waals surface area contributed by atoms with Gasteiger partial charge in [-0.15, -0.1) is 0 Å². The van der Waals surface area contributed by atoms with Crippen LogP contribution in [0, 0.1) is 5.82 Å². The average Bonchev–Trinajstić information content (AvgIpc) is 2.93. The van der Waals surface area contributed by atoms with Gasteiger partial charge in [-0.2, -0.15) is 0 Å². The quantitative estimate of drug-likeness (QED) is 0.452. The maximum atomic E-state index is 13.9. The van der Waals surface area contributed by atoms with Crippen molar-refractivity contribution in [1.29, 1.82) is 0 Å². The monoisotopic (exact) mass is 462 g/mol. The SMILES string of the molecule is O=C1C[C@H](c2ccccc2)CC2=C1[C@@H](c1ccc(F)c(Br)c1)Nc1ccccc1N2. The Bertz CT molecular complexity index is 1160. The number of fused-ring (bicyclic) bond motifs is 1. The van der Waals surface area contributed by atoms with E-state index in [1.165, 1.54) is 11.6 Å². The summed E-state index contributed by atoms with van der Waals surface area (Å²) < 4.78 is 14.3. The summed E-state index contributed by atoms with van der Waals surface area (Å²) in [6.45, 7) is 0. The van der Waals surface area contributed by atoms with Crippen LogP contribution in [0.25, 0.3) is 0 Å². The number of hydrogen-bond donors (Lipinski definition) is 2. The number of benzene rings is 3. The Morgan fingerprint density at radius 2 is 1.60 bits per heavy atom. The maximum absolute atomic E-state index is 13.9. The number of ketones is 1. The zero-order valence-corrected chi connectivity index (χ0v) is 17.7. The highest BCUT2D eigenvalue weighted by Gasteiger charge is 2.36. The van der Waals surface area contributed by atoms with E-state index in [1.807, 2.05) is 42.5 Å². The van der Waals surface area contributed by atoms with Gasteiger partial charge in [-0.1, -0.05) is 48.5 Å². The summed E-state index contributed by atoms with van der Waals surface area (Å²) in [7, 11) is 0. The molecule has 0 aromatic heterocycles. The van der Waals surface area contributed by atoms with Crippen molar-refractivity contribution >= 4 is 33.1 Å². The van der Waals surface area contributed by atoms with E-state index < -0.39 is 0 Å². The zero-order valence-electron chi connectivity index (χ0n) is 16.2. The van der Waals surface area contributed by atoms with Crippen LogP contribution in [0.1, 0.15) is 35.9 Å². The van der Waals surface area contributed by atoms with Gasteiger partial charge in [0, 0.05) is 17.7 Å². The van der Waals surface area contributed by atoms with Crippen molar-refractivity contribution in [2.45, 2.75) is 24.8 Å². The molecule has 30 heavy (non-hydrogen) atoms. The second-order valence-corrected chi connectivity index (χ2v) is 8.61. The van der Waals surface area contributed by atoms with E-state index in [2.05, 4.69) is 38.7 Å². The molecule has 150 valence electrons. The number of para-hydroxylation sites is 2. The fourth-order valence-electron chi connectivity index (χ4n) is 4.40. The average molecular weight is 463 g/mol. The molecule has 0 amide bonds. The van der Waals surface area contributed by atoms with Gasteiger partial charge < -0.3 is 10.6 Å². The first kappa shape index (κ1) is 19.1. The molecule has 5 rings (SSSR count). The second kappa shape index (κ2) is 7.73. The van der Waals surface area contributed by atoms with E-state index in [9.17, 15) is 9.18 Å². The van der Waals surface area contributed by atoms with E-state index in [1.54, 1.807) is 12.1 Å². The molecule has 3 aromatic rings. The molecule has 1 aliphatic heterocycles. The lowest BCUT2D eigenvalue weighted by molar-refractivity contribution is -0.116. The number of Topliss-reactive ketones (excluding diaryl/α,β-unsaturated/α-hetero) is 1. The lowest BCUT2D eigenvalue weighted by atomic mass is 9.78. The molecule has 0 saturated heterocycles. The Labute approximate surface area is 183 Å². The van der Waals surface area contributed by atoms with Gasteiger partial charge in [0.1, 0.15) is 5.82 Å².